The molecule has 80 valence electrons. The van der Waals surface area contributed by atoms with Crippen LogP contribution in [0.15, 0.2) is 0 Å². The zero-order chi connectivity index (χ0) is 10.2. The summed E-state index contributed by atoms with van der Waals surface area (Å²) in [5, 5.41) is 0. The van der Waals surface area contributed by atoms with Crippen molar-refractivity contribution in [2.24, 2.45) is 0 Å². The van der Waals surface area contributed by atoms with Crippen molar-refractivity contribution in [1.82, 2.24) is 4.90 Å². The van der Waals surface area contributed by atoms with Gasteiger partial charge in [0, 0.05) is 17.3 Å². The second-order valence-electron chi connectivity index (χ2n) is 5.03. The van der Waals surface area contributed by atoms with Crippen LogP contribution < -0.4 is 0 Å². The van der Waals surface area contributed by atoms with Crippen LogP contribution >= 0.6 is 24.0 Å². The third-order valence-corrected chi connectivity index (χ3v) is 5.18. The van der Waals surface area contributed by atoms with E-state index in [2.05, 4.69) is 18.7 Å². The van der Waals surface area contributed by atoms with Gasteiger partial charge in [0.2, 0.25) is 0 Å². The number of thioether (sulfide) groups is 1. The average Bonchev–Trinajstić information content (AvgIpc) is 2.42. The van der Waals surface area contributed by atoms with Gasteiger partial charge in [0.25, 0.3) is 0 Å². The Morgan fingerprint density at radius 1 is 1.29 bits per heavy atom. The van der Waals surface area contributed by atoms with Crippen molar-refractivity contribution < 1.29 is 0 Å². The third kappa shape index (κ3) is 1.94. The SMILES string of the molecule is CC1(C)CSC(=S)N1C1CCCCC1. The highest BCUT2D eigenvalue weighted by Crippen LogP contribution is 2.38. The second kappa shape index (κ2) is 4.01. The highest BCUT2D eigenvalue weighted by Gasteiger charge is 2.40. The number of nitrogens with zero attached hydrogens (tertiary/aromatic N) is 1. The van der Waals surface area contributed by atoms with Crippen molar-refractivity contribution in [1.29, 1.82) is 0 Å². The zero-order valence-corrected chi connectivity index (χ0v) is 10.7. The van der Waals surface area contributed by atoms with Crippen molar-refractivity contribution in [2.45, 2.75) is 57.5 Å². The molecular weight excluding hydrogens is 210 g/mol. The van der Waals surface area contributed by atoms with E-state index in [4.69, 9.17) is 12.2 Å². The summed E-state index contributed by atoms with van der Waals surface area (Å²) in [6.45, 7) is 4.65. The van der Waals surface area contributed by atoms with Crippen molar-refractivity contribution in [3.63, 3.8) is 0 Å². The minimum Gasteiger partial charge on any atom is -0.349 e. The Morgan fingerprint density at radius 3 is 2.43 bits per heavy atom. The Bertz CT molecular complexity index is 231. The number of rotatable bonds is 1. The maximum absolute atomic E-state index is 5.46. The molecule has 0 bridgehead atoms. The molecule has 3 heteroatoms. The molecule has 0 aromatic rings. The quantitative estimate of drug-likeness (QED) is 0.634. The van der Waals surface area contributed by atoms with E-state index in [0.717, 1.165) is 10.4 Å². The molecule has 1 saturated heterocycles. The predicted octanol–water partition coefficient (Wildman–Crippen LogP) is 3.43. The maximum atomic E-state index is 5.46. The van der Waals surface area contributed by atoms with Crippen LogP contribution in [0.25, 0.3) is 0 Å². The van der Waals surface area contributed by atoms with Crippen molar-refractivity contribution in [3.8, 4) is 0 Å². The van der Waals surface area contributed by atoms with Crippen molar-refractivity contribution >= 4 is 28.3 Å². The lowest BCUT2D eigenvalue weighted by molar-refractivity contribution is 0.158. The van der Waals surface area contributed by atoms with E-state index in [0.29, 0.717) is 5.54 Å². The van der Waals surface area contributed by atoms with Gasteiger partial charge in [-0.25, -0.2) is 0 Å². The molecule has 0 unspecified atom stereocenters. The Kier molecular flexibility index (Phi) is 3.08. The average molecular weight is 229 g/mol. The van der Waals surface area contributed by atoms with Crippen LogP contribution in [-0.4, -0.2) is 26.6 Å². The van der Waals surface area contributed by atoms with Crippen LogP contribution in [0.4, 0.5) is 0 Å². The Labute approximate surface area is 96.6 Å². The summed E-state index contributed by atoms with van der Waals surface area (Å²) in [5.41, 5.74) is 0.295. The minimum absolute atomic E-state index is 0.295. The Hall–Kier alpha value is 0.240. The molecule has 0 amide bonds. The first-order chi connectivity index (χ1) is 6.61. The fourth-order valence-electron chi connectivity index (χ4n) is 2.61. The molecular formula is C11H19NS2. The molecule has 1 aliphatic heterocycles. The van der Waals surface area contributed by atoms with Gasteiger partial charge in [-0.05, 0) is 26.7 Å². The molecule has 1 saturated carbocycles. The van der Waals surface area contributed by atoms with E-state index in [1.807, 2.05) is 11.8 Å². The van der Waals surface area contributed by atoms with Gasteiger partial charge in [-0.1, -0.05) is 43.2 Å². The van der Waals surface area contributed by atoms with Crippen LogP contribution in [0.5, 0.6) is 0 Å². The molecule has 1 aliphatic carbocycles. The first-order valence-electron chi connectivity index (χ1n) is 5.57. The van der Waals surface area contributed by atoms with Gasteiger partial charge >= 0.3 is 0 Å². The molecule has 2 rings (SSSR count). The molecule has 0 aromatic heterocycles. The lowest BCUT2D eigenvalue weighted by Crippen LogP contribution is -2.49. The monoisotopic (exact) mass is 229 g/mol. The topological polar surface area (TPSA) is 3.24 Å². The molecule has 14 heavy (non-hydrogen) atoms. The summed E-state index contributed by atoms with van der Waals surface area (Å²) in [6, 6.07) is 0.737. The highest BCUT2D eigenvalue weighted by molar-refractivity contribution is 8.23. The molecule has 0 atom stereocenters. The largest absolute Gasteiger partial charge is 0.349 e. The first-order valence-corrected chi connectivity index (χ1v) is 6.97. The maximum Gasteiger partial charge on any atom is 0.137 e. The summed E-state index contributed by atoms with van der Waals surface area (Å²) < 4.78 is 1.14. The highest BCUT2D eigenvalue weighted by atomic mass is 32.2. The van der Waals surface area contributed by atoms with Gasteiger partial charge in [0.1, 0.15) is 4.32 Å². The number of thiocarbonyl (C=S) groups is 1. The smallest absolute Gasteiger partial charge is 0.137 e. The minimum atomic E-state index is 0.295. The summed E-state index contributed by atoms with van der Waals surface area (Å²) in [7, 11) is 0. The first kappa shape index (κ1) is 10.7. The fourth-order valence-corrected chi connectivity index (χ4v) is 4.33. The molecule has 0 aromatic carbocycles. The Balaban J connectivity index is 2.10. The molecule has 1 nitrogen and oxygen atoms in total. The molecule has 0 N–H and O–H groups in total. The van der Waals surface area contributed by atoms with E-state index < -0.39 is 0 Å². The summed E-state index contributed by atoms with van der Waals surface area (Å²) in [5.74, 6) is 1.17. The molecule has 0 radical (unpaired) electrons. The Morgan fingerprint density at radius 2 is 1.93 bits per heavy atom. The van der Waals surface area contributed by atoms with Gasteiger partial charge in [0.05, 0.1) is 0 Å². The van der Waals surface area contributed by atoms with E-state index in [9.17, 15) is 0 Å². The van der Waals surface area contributed by atoms with Gasteiger partial charge in [-0.3, -0.25) is 0 Å². The standard InChI is InChI=1S/C11H19NS2/c1-11(2)8-14-10(13)12(11)9-6-4-3-5-7-9/h9H,3-8H2,1-2H3. The van der Waals surface area contributed by atoms with Crippen LogP contribution in [0.3, 0.4) is 0 Å². The van der Waals surface area contributed by atoms with E-state index in [1.54, 1.807) is 0 Å². The van der Waals surface area contributed by atoms with Gasteiger partial charge in [-0.2, -0.15) is 0 Å². The van der Waals surface area contributed by atoms with Crippen molar-refractivity contribution in [3.05, 3.63) is 0 Å². The van der Waals surface area contributed by atoms with Gasteiger partial charge < -0.3 is 4.90 Å². The lowest BCUT2D eigenvalue weighted by atomic mass is 9.91. The number of hydrogen-bond acceptors (Lipinski definition) is 2. The van der Waals surface area contributed by atoms with E-state index in [-0.39, 0.29) is 0 Å². The third-order valence-electron chi connectivity index (χ3n) is 3.34. The van der Waals surface area contributed by atoms with Crippen LogP contribution in [0, 0.1) is 0 Å². The fraction of sp³-hybridized carbons (Fsp3) is 0.909. The lowest BCUT2D eigenvalue weighted by Gasteiger charge is -2.41. The summed E-state index contributed by atoms with van der Waals surface area (Å²) >= 11 is 7.32. The van der Waals surface area contributed by atoms with Crippen LogP contribution in [-0.2, 0) is 0 Å². The van der Waals surface area contributed by atoms with Crippen LogP contribution in [0.2, 0.25) is 0 Å². The predicted molar refractivity (Wildman–Crippen MR) is 67.8 cm³/mol. The van der Waals surface area contributed by atoms with E-state index >= 15 is 0 Å². The van der Waals surface area contributed by atoms with Crippen LogP contribution in [0.1, 0.15) is 46.0 Å². The van der Waals surface area contributed by atoms with Gasteiger partial charge in [0.15, 0.2) is 0 Å². The zero-order valence-electron chi connectivity index (χ0n) is 9.08. The molecule has 1 heterocycles. The second-order valence-corrected chi connectivity index (χ2v) is 6.64. The van der Waals surface area contributed by atoms with Crippen molar-refractivity contribution in [2.75, 3.05) is 5.75 Å². The summed E-state index contributed by atoms with van der Waals surface area (Å²) in [4.78, 5) is 2.52. The normalized spacial score (nSPS) is 28.4. The number of hydrogen-bond donors (Lipinski definition) is 0. The van der Waals surface area contributed by atoms with Gasteiger partial charge in [-0.15, -0.1) is 0 Å². The summed E-state index contributed by atoms with van der Waals surface area (Å²) in [6.07, 6.45) is 6.91. The molecule has 0 spiro atoms. The molecule has 2 aliphatic rings. The van der Waals surface area contributed by atoms with E-state index in [1.165, 1.54) is 37.9 Å². The molecule has 2 fully saturated rings.